The summed E-state index contributed by atoms with van der Waals surface area (Å²) in [5.74, 6) is 0.838. The summed E-state index contributed by atoms with van der Waals surface area (Å²) in [4.78, 5) is 15.6. The van der Waals surface area contributed by atoms with Crippen molar-refractivity contribution in [3.63, 3.8) is 0 Å². The smallest absolute Gasteiger partial charge is 0.258 e. The molecule has 3 nitrogen and oxygen atoms in total. The van der Waals surface area contributed by atoms with Crippen LogP contribution in [0.2, 0.25) is 0 Å². The van der Waals surface area contributed by atoms with Crippen LogP contribution >= 0.6 is 15.9 Å². The van der Waals surface area contributed by atoms with Crippen LogP contribution in [-0.2, 0) is 0 Å². The van der Waals surface area contributed by atoms with E-state index in [1.54, 1.807) is 7.11 Å². The minimum Gasteiger partial charge on any atom is -0.497 e. The van der Waals surface area contributed by atoms with Crippen LogP contribution in [0.25, 0.3) is 5.57 Å². The first-order chi connectivity index (χ1) is 14.0. The summed E-state index contributed by atoms with van der Waals surface area (Å²) < 4.78 is 6.26. The largest absolute Gasteiger partial charge is 0.497 e. The van der Waals surface area contributed by atoms with Crippen molar-refractivity contribution in [2.24, 2.45) is 5.92 Å². The lowest BCUT2D eigenvalue weighted by Gasteiger charge is -2.42. The average molecular weight is 448 g/mol. The fourth-order valence-corrected chi connectivity index (χ4v) is 4.23. The van der Waals surface area contributed by atoms with E-state index >= 15 is 0 Å². The van der Waals surface area contributed by atoms with E-state index in [1.807, 2.05) is 77.7 Å². The molecule has 4 rings (SSSR count). The second-order valence-corrected chi connectivity index (χ2v) is 8.15. The number of hydrogen-bond donors (Lipinski definition) is 0. The Balaban J connectivity index is 1.87. The van der Waals surface area contributed by atoms with Crippen molar-refractivity contribution in [3.05, 3.63) is 101 Å². The topological polar surface area (TPSA) is 29.5 Å². The SMILES string of the molecule is C=C1c2ccccc2N(C(=O)c2ccc(Br)cc2)[C@@H](c2ccc(OC)cc2)[C@@H]1C. The molecule has 0 aliphatic carbocycles. The van der Waals surface area contributed by atoms with E-state index in [0.717, 1.165) is 32.6 Å². The van der Waals surface area contributed by atoms with Crippen molar-refractivity contribution >= 4 is 33.1 Å². The molecular formula is C25H22BrNO2. The maximum atomic E-state index is 13.7. The lowest BCUT2D eigenvalue weighted by atomic mass is 9.79. The van der Waals surface area contributed by atoms with Crippen LogP contribution in [0, 0.1) is 5.92 Å². The van der Waals surface area contributed by atoms with Gasteiger partial charge in [-0.25, -0.2) is 0 Å². The van der Waals surface area contributed by atoms with Gasteiger partial charge in [0.1, 0.15) is 5.75 Å². The second-order valence-electron chi connectivity index (χ2n) is 7.23. The van der Waals surface area contributed by atoms with Crippen LogP contribution in [0.5, 0.6) is 5.75 Å². The van der Waals surface area contributed by atoms with Crippen molar-refractivity contribution in [3.8, 4) is 5.75 Å². The molecule has 0 spiro atoms. The third-order valence-electron chi connectivity index (χ3n) is 5.58. The van der Waals surface area contributed by atoms with Crippen LogP contribution in [0.15, 0.2) is 83.8 Å². The number of methoxy groups -OCH3 is 1. The third kappa shape index (κ3) is 3.49. The molecule has 3 aromatic carbocycles. The predicted molar refractivity (Wildman–Crippen MR) is 121 cm³/mol. The highest BCUT2D eigenvalue weighted by molar-refractivity contribution is 9.10. The first kappa shape index (κ1) is 19.5. The third-order valence-corrected chi connectivity index (χ3v) is 6.11. The number of benzene rings is 3. The minimum absolute atomic E-state index is 0.0230. The number of amides is 1. The summed E-state index contributed by atoms with van der Waals surface area (Å²) >= 11 is 3.45. The minimum atomic E-state index is -0.153. The highest BCUT2D eigenvalue weighted by Gasteiger charge is 2.38. The molecule has 0 bridgehead atoms. The number of rotatable bonds is 3. The molecule has 0 saturated carbocycles. The Morgan fingerprint density at radius 1 is 1.00 bits per heavy atom. The van der Waals surface area contributed by atoms with Crippen LogP contribution < -0.4 is 9.64 Å². The standard InChI is InChI=1S/C25H22BrNO2/c1-16-17(2)24(18-10-14-21(29-3)15-11-18)27(23-7-5-4-6-22(16)23)25(28)19-8-12-20(26)13-9-19/h4-15,17,24H,1H2,2-3H3/t17-,24-/m1/s1. The van der Waals surface area contributed by atoms with E-state index in [9.17, 15) is 4.79 Å². The molecule has 1 amide bonds. The van der Waals surface area contributed by atoms with Crippen LogP contribution in [-0.4, -0.2) is 13.0 Å². The number of halogens is 1. The highest BCUT2D eigenvalue weighted by Crippen LogP contribution is 2.48. The summed E-state index contributed by atoms with van der Waals surface area (Å²) in [5.41, 5.74) is 4.67. The number of para-hydroxylation sites is 1. The van der Waals surface area contributed by atoms with Gasteiger partial charge < -0.3 is 4.74 Å². The Bertz CT molecular complexity index is 1060. The van der Waals surface area contributed by atoms with Gasteiger partial charge in [-0.1, -0.05) is 59.8 Å². The maximum Gasteiger partial charge on any atom is 0.258 e. The van der Waals surface area contributed by atoms with Gasteiger partial charge in [0, 0.05) is 21.5 Å². The maximum absolute atomic E-state index is 13.7. The van der Waals surface area contributed by atoms with Gasteiger partial charge in [0.25, 0.3) is 5.91 Å². The lowest BCUT2D eigenvalue weighted by molar-refractivity contribution is 0.0970. The number of anilines is 1. The van der Waals surface area contributed by atoms with Crippen LogP contribution in [0.4, 0.5) is 5.69 Å². The van der Waals surface area contributed by atoms with E-state index in [1.165, 1.54) is 0 Å². The zero-order valence-corrected chi connectivity index (χ0v) is 18.0. The fraction of sp³-hybridized carbons (Fsp3) is 0.160. The number of hydrogen-bond acceptors (Lipinski definition) is 2. The van der Waals surface area contributed by atoms with Gasteiger partial charge in [0.2, 0.25) is 0 Å². The number of ether oxygens (including phenoxy) is 1. The molecule has 1 aliphatic heterocycles. The summed E-state index contributed by atoms with van der Waals surface area (Å²) in [7, 11) is 1.65. The van der Waals surface area contributed by atoms with Gasteiger partial charge in [-0.15, -0.1) is 0 Å². The molecule has 1 aliphatic rings. The second kappa shape index (κ2) is 7.88. The lowest BCUT2D eigenvalue weighted by Crippen LogP contribution is -2.41. The molecule has 0 saturated heterocycles. The fourth-order valence-electron chi connectivity index (χ4n) is 3.97. The van der Waals surface area contributed by atoms with E-state index in [2.05, 4.69) is 29.4 Å². The van der Waals surface area contributed by atoms with Crippen LogP contribution in [0.3, 0.4) is 0 Å². The van der Waals surface area contributed by atoms with Crippen molar-refractivity contribution in [2.45, 2.75) is 13.0 Å². The van der Waals surface area contributed by atoms with Gasteiger partial charge >= 0.3 is 0 Å². The van der Waals surface area contributed by atoms with E-state index in [0.29, 0.717) is 5.56 Å². The molecular weight excluding hydrogens is 426 g/mol. The number of fused-ring (bicyclic) bond motifs is 1. The monoisotopic (exact) mass is 447 g/mol. The molecule has 4 heteroatoms. The molecule has 0 radical (unpaired) electrons. The zero-order valence-electron chi connectivity index (χ0n) is 16.4. The molecule has 146 valence electrons. The number of carbonyl (C=O) groups excluding carboxylic acids is 1. The molecule has 29 heavy (non-hydrogen) atoms. The predicted octanol–water partition coefficient (Wildman–Crippen LogP) is 6.51. The first-order valence-corrected chi connectivity index (χ1v) is 10.3. The Labute approximate surface area is 179 Å². The molecule has 0 fully saturated rings. The van der Waals surface area contributed by atoms with Gasteiger partial charge in [0.05, 0.1) is 18.8 Å². The summed E-state index contributed by atoms with van der Waals surface area (Å²) in [5, 5.41) is 0. The van der Waals surface area contributed by atoms with Gasteiger partial charge in [-0.05, 0) is 53.6 Å². The Morgan fingerprint density at radius 2 is 1.66 bits per heavy atom. The summed E-state index contributed by atoms with van der Waals surface area (Å²) in [6.07, 6.45) is 0. The number of nitrogens with zero attached hydrogens (tertiary/aromatic N) is 1. The Morgan fingerprint density at radius 3 is 2.31 bits per heavy atom. The highest BCUT2D eigenvalue weighted by atomic mass is 79.9. The van der Waals surface area contributed by atoms with Crippen LogP contribution in [0.1, 0.15) is 34.5 Å². The van der Waals surface area contributed by atoms with E-state index in [4.69, 9.17) is 4.74 Å². The Kier molecular flexibility index (Phi) is 5.29. The molecule has 1 heterocycles. The van der Waals surface area contributed by atoms with Gasteiger partial charge in [0.15, 0.2) is 0 Å². The van der Waals surface area contributed by atoms with Crippen molar-refractivity contribution in [1.29, 1.82) is 0 Å². The molecule has 3 aromatic rings. The summed E-state index contributed by atoms with van der Waals surface area (Å²) in [6.45, 7) is 6.49. The summed E-state index contributed by atoms with van der Waals surface area (Å²) in [6, 6.07) is 23.3. The average Bonchev–Trinajstić information content (AvgIpc) is 2.76. The molecule has 0 unspecified atom stereocenters. The first-order valence-electron chi connectivity index (χ1n) is 9.52. The normalized spacial score (nSPS) is 18.3. The Hall–Kier alpha value is -2.85. The van der Waals surface area contributed by atoms with Crippen molar-refractivity contribution in [1.82, 2.24) is 0 Å². The van der Waals surface area contributed by atoms with E-state index < -0.39 is 0 Å². The molecule has 0 N–H and O–H groups in total. The molecule has 2 atom stereocenters. The van der Waals surface area contributed by atoms with Gasteiger partial charge in [-0.2, -0.15) is 0 Å². The van der Waals surface area contributed by atoms with Crippen molar-refractivity contribution < 1.29 is 9.53 Å². The number of carbonyl (C=O) groups is 1. The van der Waals surface area contributed by atoms with E-state index in [-0.39, 0.29) is 17.9 Å². The quantitative estimate of drug-likeness (QED) is 0.457. The zero-order chi connectivity index (χ0) is 20.5. The molecule has 0 aromatic heterocycles. The van der Waals surface area contributed by atoms with Gasteiger partial charge in [-0.3, -0.25) is 9.69 Å². The van der Waals surface area contributed by atoms with Crippen molar-refractivity contribution in [2.75, 3.05) is 12.0 Å².